The number of rotatable bonds is 0. The summed E-state index contributed by atoms with van der Waals surface area (Å²) in [5.74, 6) is -0.224. The third kappa shape index (κ3) is 1.18. The van der Waals surface area contributed by atoms with Crippen LogP contribution in [0.5, 0.6) is 0 Å². The van der Waals surface area contributed by atoms with E-state index < -0.39 is 9.71 Å². The number of halogens is 3. The summed E-state index contributed by atoms with van der Waals surface area (Å²) >= 11 is 18.4. The molecule has 1 aliphatic carbocycles. The summed E-state index contributed by atoms with van der Waals surface area (Å²) < 4.78 is -1.00. The highest BCUT2D eigenvalue weighted by molar-refractivity contribution is 6.54. The summed E-state index contributed by atoms with van der Waals surface area (Å²) in [6.07, 6.45) is 0. The van der Waals surface area contributed by atoms with E-state index in [0.29, 0.717) is 5.56 Å². The van der Waals surface area contributed by atoms with Crippen LogP contribution in [0.2, 0.25) is 0 Å². The van der Waals surface area contributed by atoms with Crippen molar-refractivity contribution in [2.45, 2.75) is 21.7 Å². The van der Waals surface area contributed by atoms with Gasteiger partial charge < -0.3 is 5.32 Å². The number of amides is 1. The maximum atomic E-state index is 11.8. The highest BCUT2D eigenvalue weighted by Crippen LogP contribution is 2.58. The number of alkyl halides is 3. The van der Waals surface area contributed by atoms with Gasteiger partial charge in [-0.05, 0) is 11.6 Å². The summed E-state index contributed by atoms with van der Waals surface area (Å²) in [4.78, 5) is 11.8. The molecule has 0 aromatic heterocycles. The molecular formula is C11H8Cl3NO. The predicted molar refractivity (Wildman–Crippen MR) is 64.5 cm³/mol. The van der Waals surface area contributed by atoms with Gasteiger partial charge in [-0.25, -0.2) is 0 Å². The van der Waals surface area contributed by atoms with Gasteiger partial charge >= 0.3 is 0 Å². The molecule has 1 amide bonds. The van der Waals surface area contributed by atoms with E-state index in [0.717, 1.165) is 5.56 Å². The van der Waals surface area contributed by atoms with Crippen molar-refractivity contribution < 1.29 is 4.79 Å². The first-order valence-electron chi connectivity index (χ1n) is 4.95. The molecule has 0 spiro atoms. The van der Waals surface area contributed by atoms with Crippen LogP contribution in [0, 0.1) is 0 Å². The Morgan fingerprint density at radius 3 is 2.69 bits per heavy atom. The minimum Gasteiger partial charge on any atom is -0.347 e. The first-order valence-corrected chi connectivity index (χ1v) is 6.14. The van der Waals surface area contributed by atoms with Gasteiger partial charge in [0.05, 0.1) is 11.4 Å². The number of carbonyl (C=O) groups is 1. The lowest BCUT2D eigenvalue weighted by Crippen LogP contribution is -2.68. The number of hydrogen-bond acceptors (Lipinski definition) is 1. The second-order valence-electron chi connectivity index (χ2n) is 4.14. The van der Waals surface area contributed by atoms with Crippen molar-refractivity contribution in [1.82, 2.24) is 5.32 Å². The minimum atomic E-state index is -1.00. The largest absolute Gasteiger partial charge is 0.347 e. The molecule has 5 heteroatoms. The second-order valence-corrected chi connectivity index (χ2v) is 6.05. The van der Waals surface area contributed by atoms with Crippen molar-refractivity contribution in [3.63, 3.8) is 0 Å². The smallest absolute Gasteiger partial charge is 0.251 e. The zero-order chi connectivity index (χ0) is 11.5. The van der Waals surface area contributed by atoms with Gasteiger partial charge in [-0.2, -0.15) is 0 Å². The third-order valence-electron chi connectivity index (χ3n) is 3.29. The fourth-order valence-corrected chi connectivity index (χ4v) is 3.58. The van der Waals surface area contributed by atoms with E-state index in [9.17, 15) is 4.79 Å². The highest BCUT2D eigenvalue weighted by atomic mass is 35.5. The van der Waals surface area contributed by atoms with Crippen molar-refractivity contribution in [2.24, 2.45) is 0 Å². The van der Waals surface area contributed by atoms with Gasteiger partial charge in [-0.1, -0.05) is 41.4 Å². The predicted octanol–water partition coefficient (Wildman–Crippen LogP) is 2.68. The van der Waals surface area contributed by atoms with Crippen molar-refractivity contribution in [3.05, 3.63) is 35.4 Å². The zero-order valence-corrected chi connectivity index (χ0v) is 10.4. The number of nitrogens with one attached hydrogen (secondary N) is 1. The Morgan fingerprint density at radius 2 is 1.94 bits per heavy atom. The molecule has 0 radical (unpaired) electrons. The molecule has 1 aromatic rings. The third-order valence-corrected chi connectivity index (χ3v) is 5.07. The molecule has 84 valence electrons. The summed E-state index contributed by atoms with van der Waals surface area (Å²) in [5.41, 5.74) is 1.52. The maximum Gasteiger partial charge on any atom is 0.251 e. The molecule has 0 unspecified atom stereocenters. The first-order chi connectivity index (χ1) is 7.53. The number of fused-ring (bicyclic) bond motifs is 3. The molecule has 1 aliphatic heterocycles. The van der Waals surface area contributed by atoms with Crippen LogP contribution in [-0.2, 0) is 0 Å². The zero-order valence-electron chi connectivity index (χ0n) is 8.08. The van der Waals surface area contributed by atoms with Crippen LogP contribution < -0.4 is 5.32 Å². The van der Waals surface area contributed by atoms with E-state index >= 15 is 0 Å². The normalized spacial score (nSPS) is 34.4. The number of benzene rings is 1. The van der Waals surface area contributed by atoms with Gasteiger partial charge in [-0.3, -0.25) is 4.79 Å². The number of carbonyl (C=O) groups excluding carboxylic acids is 1. The molecular weight excluding hydrogens is 268 g/mol. The lowest BCUT2D eigenvalue weighted by Gasteiger charge is -2.54. The molecule has 2 aliphatic rings. The monoisotopic (exact) mass is 275 g/mol. The van der Waals surface area contributed by atoms with Crippen molar-refractivity contribution in [3.8, 4) is 0 Å². The molecule has 1 N–H and O–H groups in total. The maximum absolute atomic E-state index is 11.8. The Kier molecular flexibility index (Phi) is 2.19. The van der Waals surface area contributed by atoms with E-state index in [4.69, 9.17) is 34.8 Å². The lowest BCUT2D eigenvalue weighted by molar-refractivity contribution is 0.0875. The van der Waals surface area contributed by atoms with Crippen LogP contribution in [0.4, 0.5) is 0 Å². The number of hydrogen-bond donors (Lipinski definition) is 1. The topological polar surface area (TPSA) is 29.1 Å². The fraction of sp³-hybridized carbons (Fsp3) is 0.364. The summed E-state index contributed by atoms with van der Waals surface area (Å²) in [5, 5.41) is 2.39. The SMILES string of the molecule is O=C1N[C@H]2[C@H](Cl)C(Cl)(Cl)[C@H]2c2ccccc21. The van der Waals surface area contributed by atoms with E-state index in [1.54, 1.807) is 6.07 Å². The Hall–Kier alpha value is -0.440. The lowest BCUT2D eigenvalue weighted by atomic mass is 9.69. The van der Waals surface area contributed by atoms with Gasteiger partial charge in [0.2, 0.25) is 0 Å². The Bertz CT molecular complexity index is 474. The standard InChI is InChI=1S/C11H8Cl3NO/c12-9-8-7(11(9,13)14)5-3-1-2-4-6(5)10(16)15-8/h1-4,7-9H,(H,15,16)/t7-,8+,9-/m0/s1. The highest BCUT2D eigenvalue weighted by Gasteiger charge is 2.63. The average molecular weight is 277 g/mol. The Balaban J connectivity index is 2.14. The van der Waals surface area contributed by atoms with E-state index in [1.165, 1.54) is 0 Å². The van der Waals surface area contributed by atoms with Crippen LogP contribution in [-0.4, -0.2) is 21.7 Å². The average Bonchev–Trinajstić information content (AvgIpc) is 2.28. The van der Waals surface area contributed by atoms with Crippen LogP contribution in [0.1, 0.15) is 21.8 Å². The van der Waals surface area contributed by atoms with Gasteiger partial charge in [0.25, 0.3) is 5.91 Å². The van der Waals surface area contributed by atoms with Crippen LogP contribution in [0.15, 0.2) is 24.3 Å². The van der Waals surface area contributed by atoms with Crippen molar-refractivity contribution in [1.29, 1.82) is 0 Å². The quantitative estimate of drug-likeness (QED) is 0.725. The molecule has 0 saturated heterocycles. The summed E-state index contributed by atoms with van der Waals surface area (Å²) in [6.45, 7) is 0. The first kappa shape index (κ1) is 10.7. The molecule has 3 atom stereocenters. The molecule has 1 fully saturated rings. The van der Waals surface area contributed by atoms with Crippen LogP contribution >= 0.6 is 34.8 Å². The molecule has 1 aromatic carbocycles. The van der Waals surface area contributed by atoms with Gasteiger partial charge in [-0.15, -0.1) is 11.6 Å². The molecule has 2 nitrogen and oxygen atoms in total. The minimum absolute atomic E-state index is 0.105. The van der Waals surface area contributed by atoms with Gasteiger partial charge in [0, 0.05) is 11.5 Å². The van der Waals surface area contributed by atoms with Gasteiger partial charge in [0.15, 0.2) is 0 Å². The Morgan fingerprint density at radius 1 is 1.25 bits per heavy atom. The summed E-state index contributed by atoms with van der Waals surface area (Å²) in [7, 11) is 0. The van der Waals surface area contributed by atoms with E-state index in [2.05, 4.69) is 5.32 Å². The molecule has 1 heterocycles. The molecule has 1 saturated carbocycles. The molecule has 3 rings (SSSR count). The van der Waals surface area contributed by atoms with Crippen LogP contribution in [0.25, 0.3) is 0 Å². The van der Waals surface area contributed by atoms with Crippen LogP contribution in [0.3, 0.4) is 0 Å². The fourth-order valence-electron chi connectivity index (χ4n) is 2.46. The Labute approximate surface area is 108 Å². The summed E-state index contributed by atoms with van der Waals surface area (Å²) in [6, 6.07) is 7.18. The molecule has 0 bridgehead atoms. The van der Waals surface area contributed by atoms with E-state index in [-0.39, 0.29) is 17.9 Å². The van der Waals surface area contributed by atoms with E-state index in [1.807, 2.05) is 18.2 Å². The molecule has 16 heavy (non-hydrogen) atoms. The van der Waals surface area contributed by atoms with Gasteiger partial charge in [0.1, 0.15) is 4.33 Å². The van der Waals surface area contributed by atoms with Crippen molar-refractivity contribution in [2.75, 3.05) is 0 Å². The van der Waals surface area contributed by atoms with Crippen molar-refractivity contribution >= 4 is 40.7 Å². The second kappa shape index (κ2) is 3.28.